The van der Waals surface area contributed by atoms with Crippen molar-refractivity contribution in [3.8, 4) is 11.5 Å². The zero-order valence-corrected chi connectivity index (χ0v) is 13.6. The van der Waals surface area contributed by atoms with Crippen LogP contribution in [0.1, 0.15) is 5.56 Å². The monoisotopic (exact) mass is 361 g/mol. The second-order valence-electron chi connectivity index (χ2n) is 4.68. The first-order valence-corrected chi connectivity index (χ1v) is 8.12. The number of methoxy groups -OCH3 is 2. The van der Waals surface area contributed by atoms with E-state index < -0.39 is 34.0 Å². The molecular weight excluding hydrogens is 347 g/mol. The normalized spacial score (nSPS) is 11.4. The van der Waals surface area contributed by atoms with E-state index in [0.717, 1.165) is 6.07 Å². The third kappa shape index (κ3) is 3.62. The Hall–Kier alpha value is -2.26. The average molecular weight is 361 g/mol. The molecule has 0 heterocycles. The van der Waals surface area contributed by atoms with E-state index in [0.29, 0.717) is 6.07 Å². The van der Waals surface area contributed by atoms with E-state index in [-0.39, 0.29) is 22.0 Å². The lowest BCUT2D eigenvalue weighted by Gasteiger charge is -2.12. The van der Waals surface area contributed by atoms with Crippen LogP contribution in [0.25, 0.3) is 0 Å². The predicted octanol–water partition coefficient (Wildman–Crippen LogP) is 2.60. The molecular formula is C15H14F3NO4S. The first-order chi connectivity index (χ1) is 11.3. The molecule has 0 saturated carbocycles. The minimum atomic E-state index is -4.11. The van der Waals surface area contributed by atoms with Crippen molar-refractivity contribution in [1.82, 2.24) is 4.72 Å². The second kappa shape index (κ2) is 7.10. The second-order valence-corrected chi connectivity index (χ2v) is 6.41. The molecule has 0 aromatic heterocycles. The summed E-state index contributed by atoms with van der Waals surface area (Å²) in [5.74, 6) is -4.14. The molecule has 130 valence electrons. The van der Waals surface area contributed by atoms with Gasteiger partial charge >= 0.3 is 0 Å². The largest absolute Gasteiger partial charge is 0.497 e. The molecule has 1 N–H and O–H groups in total. The Kier molecular flexibility index (Phi) is 5.35. The summed E-state index contributed by atoms with van der Waals surface area (Å²) in [7, 11) is -1.46. The number of nitrogens with one attached hydrogen (secondary N) is 1. The fraction of sp³-hybridized carbons (Fsp3) is 0.200. The third-order valence-corrected chi connectivity index (χ3v) is 4.65. The smallest absolute Gasteiger partial charge is 0.244 e. The Labute approximate surface area is 137 Å². The Balaban J connectivity index is 2.31. The van der Waals surface area contributed by atoms with E-state index in [9.17, 15) is 21.6 Å². The van der Waals surface area contributed by atoms with Gasteiger partial charge in [-0.25, -0.2) is 26.3 Å². The molecule has 0 aliphatic rings. The van der Waals surface area contributed by atoms with Crippen molar-refractivity contribution in [2.75, 3.05) is 14.2 Å². The first kappa shape index (κ1) is 18.1. The minimum absolute atomic E-state index is 0.0501. The van der Waals surface area contributed by atoms with Gasteiger partial charge in [0.05, 0.1) is 14.2 Å². The van der Waals surface area contributed by atoms with Crippen LogP contribution in [0.3, 0.4) is 0 Å². The number of ether oxygens (including phenoxy) is 2. The fourth-order valence-corrected chi connectivity index (χ4v) is 3.14. The van der Waals surface area contributed by atoms with Crippen molar-refractivity contribution in [2.45, 2.75) is 11.4 Å². The summed E-state index contributed by atoms with van der Waals surface area (Å²) < 4.78 is 76.5. The number of halogens is 3. The molecule has 0 amide bonds. The summed E-state index contributed by atoms with van der Waals surface area (Å²) in [6.45, 7) is -0.564. The maximum Gasteiger partial charge on any atom is 0.244 e. The predicted molar refractivity (Wildman–Crippen MR) is 79.9 cm³/mol. The van der Waals surface area contributed by atoms with Gasteiger partial charge in [0.2, 0.25) is 10.0 Å². The molecule has 0 fully saturated rings. The van der Waals surface area contributed by atoms with Crippen molar-refractivity contribution < 1.29 is 31.1 Å². The highest BCUT2D eigenvalue weighted by atomic mass is 32.2. The summed E-state index contributed by atoms with van der Waals surface area (Å²) in [5, 5.41) is 0. The average Bonchev–Trinajstić information content (AvgIpc) is 2.58. The molecule has 0 aliphatic heterocycles. The maximum absolute atomic E-state index is 13.6. The van der Waals surface area contributed by atoms with Crippen LogP contribution in [-0.4, -0.2) is 22.6 Å². The van der Waals surface area contributed by atoms with Crippen molar-refractivity contribution >= 4 is 10.0 Å². The lowest BCUT2D eigenvalue weighted by molar-refractivity contribution is 0.392. The van der Waals surface area contributed by atoms with E-state index in [1.165, 1.54) is 32.4 Å². The molecule has 0 saturated heterocycles. The van der Waals surface area contributed by atoms with Crippen LogP contribution < -0.4 is 14.2 Å². The van der Waals surface area contributed by atoms with Crippen LogP contribution in [0.15, 0.2) is 35.2 Å². The molecule has 0 spiro atoms. The SMILES string of the molecule is COc1ccc(OC)c(S(=O)(=O)NCc2ccc(F)c(F)c2F)c1. The number of sulfonamides is 1. The lowest BCUT2D eigenvalue weighted by Crippen LogP contribution is -2.24. The zero-order chi connectivity index (χ0) is 17.9. The quantitative estimate of drug-likeness (QED) is 0.804. The van der Waals surface area contributed by atoms with Crippen LogP contribution in [0.4, 0.5) is 13.2 Å². The van der Waals surface area contributed by atoms with Gasteiger partial charge in [-0.1, -0.05) is 6.07 Å². The summed E-state index contributed by atoms with van der Waals surface area (Å²) in [4.78, 5) is -0.229. The van der Waals surface area contributed by atoms with E-state index in [1.54, 1.807) is 0 Å². The van der Waals surface area contributed by atoms with Gasteiger partial charge < -0.3 is 9.47 Å². The van der Waals surface area contributed by atoms with Crippen molar-refractivity contribution in [3.05, 3.63) is 53.3 Å². The topological polar surface area (TPSA) is 64.6 Å². The van der Waals surface area contributed by atoms with Gasteiger partial charge in [0, 0.05) is 18.2 Å². The van der Waals surface area contributed by atoms with E-state index in [4.69, 9.17) is 9.47 Å². The van der Waals surface area contributed by atoms with Crippen molar-refractivity contribution in [1.29, 1.82) is 0 Å². The molecule has 2 aromatic carbocycles. The van der Waals surface area contributed by atoms with E-state index in [1.807, 2.05) is 0 Å². The van der Waals surface area contributed by atoms with Crippen LogP contribution >= 0.6 is 0 Å². The lowest BCUT2D eigenvalue weighted by atomic mass is 10.2. The number of benzene rings is 2. The minimum Gasteiger partial charge on any atom is -0.497 e. The van der Waals surface area contributed by atoms with Crippen LogP contribution in [0, 0.1) is 17.5 Å². The molecule has 24 heavy (non-hydrogen) atoms. The summed E-state index contributed by atoms with van der Waals surface area (Å²) in [6.07, 6.45) is 0. The molecule has 9 heteroatoms. The van der Waals surface area contributed by atoms with Crippen LogP contribution in [-0.2, 0) is 16.6 Å². The van der Waals surface area contributed by atoms with Crippen LogP contribution in [0.5, 0.6) is 11.5 Å². The Bertz CT molecular complexity index is 856. The Morgan fingerprint density at radius 1 is 1.00 bits per heavy atom. The Morgan fingerprint density at radius 2 is 1.71 bits per heavy atom. The number of hydrogen-bond donors (Lipinski definition) is 1. The summed E-state index contributed by atoms with van der Waals surface area (Å²) in [5.41, 5.74) is -0.334. The standard InChI is InChI=1S/C15H14F3NO4S/c1-22-10-4-6-12(23-2)13(7-10)24(20,21)19-8-9-3-5-11(16)15(18)14(9)17/h3-7,19H,8H2,1-2H3. The van der Waals surface area contributed by atoms with E-state index in [2.05, 4.69) is 4.72 Å². The molecule has 0 radical (unpaired) electrons. The van der Waals surface area contributed by atoms with Gasteiger partial charge in [0.25, 0.3) is 0 Å². The summed E-state index contributed by atoms with van der Waals surface area (Å²) >= 11 is 0. The molecule has 2 rings (SSSR count). The molecule has 0 bridgehead atoms. The molecule has 2 aromatic rings. The fourth-order valence-electron chi connectivity index (χ4n) is 1.95. The van der Waals surface area contributed by atoms with E-state index >= 15 is 0 Å². The number of rotatable bonds is 6. The maximum atomic E-state index is 13.6. The molecule has 5 nitrogen and oxygen atoms in total. The van der Waals surface area contributed by atoms with Gasteiger partial charge in [-0.3, -0.25) is 0 Å². The highest BCUT2D eigenvalue weighted by molar-refractivity contribution is 7.89. The molecule has 0 atom stereocenters. The summed E-state index contributed by atoms with van der Waals surface area (Å²) in [6, 6.07) is 5.80. The highest BCUT2D eigenvalue weighted by Crippen LogP contribution is 2.28. The number of hydrogen-bond acceptors (Lipinski definition) is 4. The van der Waals surface area contributed by atoms with Gasteiger partial charge in [-0.15, -0.1) is 0 Å². The first-order valence-electron chi connectivity index (χ1n) is 6.64. The molecule has 0 aliphatic carbocycles. The molecule has 0 unspecified atom stereocenters. The third-order valence-electron chi connectivity index (χ3n) is 3.23. The zero-order valence-electron chi connectivity index (χ0n) is 12.8. The van der Waals surface area contributed by atoms with Crippen LogP contribution in [0.2, 0.25) is 0 Å². The van der Waals surface area contributed by atoms with Gasteiger partial charge in [0.15, 0.2) is 17.5 Å². The van der Waals surface area contributed by atoms with Gasteiger partial charge in [0.1, 0.15) is 16.4 Å². The van der Waals surface area contributed by atoms with Crippen molar-refractivity contribution in [2.24, 2.45) is 0 Å². The van der Waals surface area contributed by atoms with Gasteiger partial charge in [-0.05, 0) is 18.2 Å². The highest BCUT2D eigenvalue weighted by Gasteiger charge is 2.22. The van der Waals surface area contributed by atoms with Gasteiger partial charge in [-0.2, -0.15) is 0 Å². The Morgan fingerprint density at radius 3 is 2.33 bits per heavy atom. The van der Waals surface area contributed by atoms with Crippen molar-refractivity contribution in [3.63, 3.8) is 0 Å².